The molecule has 0 radical (unpaired) electrons. The molecule has 0 spiro atoms. The van der Waals surface area contributed by atoms with Crippen LogP contribution in [0.5, 0.6) is 5.75 Å². The second kappa shape index (κ2) is 7.25. The molecule has 2 rings (SSSR count). The van der Waals surface area contributed by atoms with Crippen molar-refractivity contribution >= 4 is 11.9 Å². The third-order valence-corrected chi connectivity index (χ3v) is 3.51. The van der Waals surface area contributed by atoms with Crippen molar-refractivity contribution in [1.29, 1.82) is 0 Å². The number of benzene rings is 1. The molecule has 1 aromatic carbocycles. The Morgan fingerprint density at radius 1 is 1.30 bits per heavy atom. The molecular formula is C17H23NO2. The Kier molecular flexibility index (Phi) is 5.36. The zero-order valence-corrected chi connectivity index (χ0v) is 12.4. The van der Waals surface area contributed by atoms with E-state index in [4.69, 9.17) is 4.74 Å². The number of nitrogens with zero attached hydrogens (tertiary/aromatic N) is 1. The van der Waals surface area contributed by atoms with Gasteiger partial charge in [0.15, 0.2) is 5.78 Å². The topological polar surface area (TPSA) is 29.5 Å². The van der Waals surface area contributed by atoms with Crippen LogP contribution in [0.4, 0.5) is 0 Å². The maximum Gasteiger partial charge on any atom is 0.161 e. The molecule has 1 aromatic rings. The highest BCUT2D eigenvalue weighted by atomic mass is 16.5. The fourth-order valence-corrected chi connectivity index (χ4v) is 2.23. The van der Waals surface area contributed by atoms with Crippen LogP contribution in [0.3, 0.4) is 0 Å². The van der Waals surface area contributed by atoms with Crippen LogP contribution in [-0.4, -0.2) is 37.4 Å². The third kappa shape index (κ3) is 4.20. The van der Waals surface area contributed by atoms with Crippen LogP contribution < -0.4 is 4.74 Å². The van der Waals surface area contributed by atoms with Gasteiger partial charge in [-0.05, 0) is 37.2 Å². The van der Waals surface area contributed by atoms with E-state index in [0.717, 1.165) is 49.4 Å². The molecular weight excluding hydrogens is 250 g/mol. The number of carbonyl (C=O) groups excluding carboxylic acids is 1. The van der Waals surface area contributed by atoms with E-state index in [1.165, 1.54) is 0 Å². The smallest absolute Gasteiger partial charge is 0.161 e. The molecule has 1 heterocycles. The van der Waals surface area contributed by atoms with Crippen molar-refractivity contribution in [1.82, 2.24) is 4.90 Å². The Hall–Kier alpha value is -1.61. The summed E-state index contributed by atoms with van der Waals surface area (Å²) in [6.07, 6.45) is 4.83. The van der Waals surface area contributed by atoms with Crippen LogP contribution in [0.15, 0.2) is 29.8 Å². The van der Waals surface area contributed by atoms with Gasteiger partial charge in [-0.15, -0.1) is 0 Å². The Balaban J connectivity index is 2.00. The molecule has 20 heavy (non-hydrogen) atoms. The quantitative estimate of drug-likeness (QED) is 0.609. The highest BCUT2D eigenvalue weighted by molar-refractivity contribution is 6.00. The van der Waals surface area contributed by atoms with Gasteiger partial charge in [-0.2, -0.15) is 0 Å². The van der Waals surface area contributed by atoms with Gasteiger partial charge in [-0.1, -0.05) is 25.5 Å². The lowest BCUT2D eigenvalue weighted by Crippen LogP contribution is -2.32. The van der Waals surface area contributed by atoms with Gasteiger partial charge in [0.1, 0.15) is 5.75 Å². The summed E-state index contributed by atoms with van der Waals surface area (Å²) < 4.78 is 5.63. The summed E-state index contributed by atoms with van der Waals surface area (Å²) in [7, 11) is 2.05. The fourth-order valence-electron chi connectivity index (χ4n) is 2.23. The molecule has 0 aliphatic carbocycles. The molecule has 0 saturated carbocycles. The van der Waals surface area contributed by atoms with Crippen LogP contribution in [0, 0.1) is 0 Å². The van der Waals surface area contributed by atoms with Crippen LogP contribution in [0.25, 0.3) is 6.08 Å². The van der Waals surface area contributed by atoms with E-state index in [2.05, 4.69) is 11.8 Å². The zero-order valence-electron chi connectivity index (χ0n) is 12.4. The van der Waals surface area contributed by atoms with E-state index in [-0.39, 0.29) is 5.78 Å². The van der Waals surface area contributed by atoms with Crippen molar-refractivity contribution in [2.24, 2.45) is 0 Å². The van der Waals surface area contributed by atoms with E-state index < -0.39 is 0 Å². The number of hydrogen-bond acceptors (Lipinski definition) is 3. The lowest BCUT2D eigenvalue weighted by Gasteiger charge is -2.23. The lowest BCUT2D eigenvalue weighted by molar-refractivity contribution is -0.117. The first-order chi connectivity index (χ1) is 9.69. The van der Waals surface area contributed by atoms with Crippen molar-refractivity contribution in [2.75, 3.05) is 26.7 Å². The summed E-state index contributed by atoms with van der Waals surface area (Å²) in [6, 6.07) is 7.96. The van der Waals surface area contributed by atoms with Gasteiger partial charge in [0.25, 0.3) is 0 Å². The summed E-state index contributed by atoms with van der Waals surface area (Å²) in [5.41, 5.74) is 1.96. The molecule has 108 valence electrons. The average Bonchev–Trinajstić information content (AvgIpc) is 2.45. The molecule has 1 aliphatic rings. The second-order valence-electron chi connectivity index (χ2n) is 5.35. The molecule has 0 amide bonds. The largest absolute Gasteiger partial charge is 0.494 e. The van der Waals surface area contributed by atoms with Crippen molar-refractivity contribution in [3.63, 3.8) is 0 Å². The summed E-state index contributed by atoms with van der Waals surface area (Å²) >= 11 is 0. The van der Waals surface area contributed by atoms with Gasteiger partial charge in [-0.3, -0.25) is 4.79 Å². The first kappa shape index (κ1) is 14.8. The number of ether oxygens (including phenoxy) is 1. The van der Waals surface area contributed by atoms with Crippen molar-refractivity contribution in [3.05, 3.63) is 35.4 Å². The molecule has 0 unspecified atom stereocenters. The highest BCUT2D eigenvalue weighted by Crippen LogP contribution is 2.18. The van der Waals surface area contributed by atoms with Gasteiger partial charge in [0.05, 0.1) is 6.61 Å². The van der Waals surface area contributed by atoms with Crippen LogP contribution in [0.1, 0.15) is 31.7 Å². The number of hydrogen-bond donors (Lipinski definition) is 0. The maximum absolute atomic E-state index is 11.9. The molecule has 0 aromatic heterocycles. The van der Waals surface area contributed by atoms with E-state index in [1.54, 1.807) is 0 Å². The molecule has 0 atom stereocenters. The first-order valence-corrected chi connectivity index (χ1v) is 7.34. The minimum Gasteiger partial charge on any atom is -0.494 e. The monoisotopic (exact) mass is 273 g/mol. The van der Waals surface area contributed by atoms with Gasteiger partial charge in [0, 0.05) is 25.1 Å². The number of carbonyl (C=O) groups is 1. The van der Waals surface area contributed by atoms with Gasteiger partial charge >= 0.3 is 0 Å². The number of likely N-dealkylation sites (N-methyl/N-ethyl adjacent to an activating group) is 1. The van der Waals surface area contributed by atoms with Gasteiger partial charge in [0.2, 0.25) is 0 Å². The number of ketones is 1. The lowest BCUT2D eigenvalue weighted by atomic mass is 10.0. The summed E-state index contributed by atoms with van der Waals surface area (Å²) in [6.45, 7) is 4.52. The van der Waals surface area contributed by atoms with Crippen LogP contribution >= 0.6 is 0 Å². The molecule has 1 fully saturated rings. The van der Waals surface area contributed by atoms with E-state index >= 15 is 0 Å². The minimum atomic E-state index is 0.270. The minimum absolute atomic E-state index is 0.270. The van der Waals surface area contributed by atoms with Crippen molar-refractivity contribution < 1.29 is 9.53 Å². The van der Waals surface area contributed by atoms with E-state index in [0.29, 0.717) is 6.42 Å². The molecule has 0 bridgehead atoms. The van der Waals surface area contributed by atoms with Crippen LogP contribution in [0.2, 0.25) is 0 Å². The first-order valence-electron chi connectivity index (χ1n) is 7.34. The number of unbranched alkanes of at least 4 members (excludes halogenated alkanes) is 1. The van der Waals surface area contributed by atoms with Gasteiger partial charge in [-0.25, -0.2) is 0 Å². The van der Waals surface area contributed by atoms with Gasteiger partial charge < -0.3 is 9.64 Å². The SMILES string of the molecule is CCCCOc1ccc(/C=C2\CN(C)CCC2=O)cc1. The summed E-state index contributed by atoms with van der Waals surface area (Å²) in [5.74, 6) is 1.17. The summed E-state index contributed by atoms with van der Waals surface area (Å²) in [4.78, 5) is 14.0. The van der Waals surface area contributed by atoms with E-state index in [9.17, 15) is 4.79 Å². The normalized spacial score (nSPS) is 18.5. The Bertz CT molecular complexity index is 476. The number of likely N-dealkylation sites (tertiary alicyclic amines) is 1. The van der Waals surface area contributed by atoms with Crippen molar-refractivity contribution in [3.8, 4) is 5.75 Å². The van der Waals surface area contributed by atoms with Crippen LogP contribution in [-0.2, 0) is 4.79 Å². The third-order valence-electron chi connectivity index (χ3n) is 3.51. The number of Topliss-reactive ketones (excluding diaryl/α,β-unsaturated/α-hetero) is 1. The average molecular weight is 273 g/mol. The Labute approximate surface area is 121 Å². The summed E-state index contributed by atoms with van der Waals surface area (Å²) in [5, 5.41) is 0. The Morgan fingerprint density at radius 3 is 2.75 bits per heavy atom. The highest BCUT2D eigenvalue weighted by Gasteiger charge is 2.18. The molecule has 0 N–H and O–H groups in total. The van der Waals surface area contributed by atoms with Crippen molar-refractivity contribution in [2.45, 2.75) is 26.2 Å². The number of rotatable bonds is 5. The standard InChI is InChI=1S/C17H23NO2/c1-3-4-11-20-16-7-5-14(6-8-16)12-15-13-18(2)10-9-17(15)19/h5-8,12H,3-4,9-11,13H2,1-2H3/b15-12+. The predicted molar refractivity (Wildman–Crippen MR) is 81.9 cm³/mol. The fraction of sp³-hybridized carbons (Fsp3) is 0.471. The molecule has 3 nitrogen and oxygen atoms in total. The maximum atomic E-state index is 11.9. The second-order valence-corrected chi connectivity index (χ2v) is 5.35. The predicted octanol–water partition coefficient (Wildman–Crippen LogP) is 3.15. The molecule has 1 saturated heterocycles. The number of piperidine rings is 1. The zero-order chi connectivity index (χ0) is 14.4. The Morgan fingerprint density at radius 2 is 2.05 bits per heavy atom. The molecule has 1 aliphatic heterocycles. The molecule has 3 heteroatoms. The van der Waals surface area contributed by atoms with E-state index in [1.807, 2.05) is 37.4 Å².